The molecule has 0 aromatic heterocycles. The second kappa shape index (κ2) is 4.57. The predicted octanol–water partition coefficient (Wildman–Crippen LogP) is 3.93. The highest BCUT2D eigenvalue weighted by molar-refractivity contribution is 5.26. The number of alkyl halides is 1. The Labute approximate surface area is 133 Å². The van der Waals surface area contributed by atoms with E-state index in [9.17, 15) is 9.50 Å². The van der Waals surface area contributed by atoms with E-state index in [-0.39, 0.29) is 10.8 Å². The molecule has 3 fully saturated rings. The molecule has 0 amide bonds. The molecule has 0 aromatic carbocycles. The zero-order valence-corrected chi connectivity index (χ0v) is 13.9. The van der Waals surface area contributed by atoms with Crippen LogP contribution in [0.1, 0.15) is 65.2 Å². The largest absolute Gasteiger partial charge is 0.376 e. The SMILES string of the molecule is C[C@]12CC[C@@H]3[C@@H](CC=C4CC(N)(O)CC[C@@]43C)[C@@H]1CC(F)C2. The van der Waals surface area contributed by atoms with Crippen molar-refractivity contribution in [3.05, 3.63) is 11.6 Å². The summed E-state index contributed by atoms with van der Waals surface area (Å²) in [6, 6.07) is 0. The molecule has 2 nitrogen and oxygen atoms in total. The summed E-state index contributed by atoms with van der Waals surface area (Å²) in [6.07, 6.45) is 9.08. The van der Waals surface area contributed by atoms with Crippen LogP contribution in [-0.4, -0.2) is 17.0 Å². The lowest BCUT2D eigenvalue weighted by molar-refractivity contribution is -0.0601. The molecule has 3 saturated carbocycles. The Kier molecular flexibility index (Phi) is 3.14. The fourth-order valence-corrected chi connectivity index (χ4v) is 6.64. The molecule has 4 aliphatic carbocycles. The predicted molar refractivity (Wildman–Crippen MR) is 85.7 cm³/mol. The van der Waals surface area contributed by atoms with E-state index in [0.29, 0.717) is 30.6 Å². The molecule has 0 aromatic rings. The summed E-state index contributed by atoms with van der Waals surface area (Å²) in [5.74, 6) is 1.85. The maximum absolute atomic E-state index is 14.1. The van der Waals surface area contributed by atoms with Gasteiger partial charge >= 0.3 is 0 Å². The molecule has 2 unspecified atom stereocenters. The van der Waals surface area contributed by atoms with Crippen LogP contribution >= 0.6 is 0 Å². The van der Waals surface area contributed by atoms with E-state index in [1.54, 1.807) is 0 Å². The third-order valence-electron chi connectivity index (χ3n) is 7.91. The topological polar surface area (TPSA) is 46.2 Å². The second-order valence-corrected chi connectivity index (χ2v) is 9.27. The Morgan fingerprint density at radius 1 is 1.23 bits per heavy atom. The number of fused-ring (bicyclic) bond motifs is 5. The Morgan fingerprint density at radius 3 is 2.77 bits per heavy atom. The van der Waals surface area contributed by atoms with E-state index in [0.717, 1.165) is 25.7 Å². The van der Waals surface area contributed by atoms with Crippen LogP contribution in [0.2, 0.25) is 0 Å². The quantitative estimate of drug-likeness (QED) is 0.526. The molecular weight excluding hydrogens is 277 g/mol. The van der Waals surface area contributed by atoms with Crippen LogP contribution in [0.4, 0.5) is 4.39 Å². The normalized spacial score (nSPS) is 57.6. The molecule has 4 rings (SSSR count). The van der Waals surface area contributed by atoms with Gasteiger partial charge in [-0.1, -0.05) is 25.5 Å². The Morgan fingerprint density at radius 2 is 2.00 bits per heavy atom. The first-order chi connectivity index (χ1) is 10.2. The molecule has 4 aliphatic rings. The molecule has 0 aliphatic heterocycles. The highest BCUT2D eigenvalue weighted by atomic mass is 19.1. The lowest BCUT2D eigenvalue weighted by Gasteiger charge is -2.58. The summed E-state index contributed by atoms with van der Waals surface area (Å²) in [5, 5.41) is 10.2. The molecule has 22 heavy (non-hydrogen) atoms. The third kappa shape index (κ3) is 2.04. The van der Waals surface area contributed by atoms with Crippen molar-refractivity contribution < 1.29 is 9.50 Å². The van der Waals surface area contributed by atoms with Gasteiger partial charge in [0.15, 0.2) is 0 Å². The van der Waals surface area contributed by atoms with Crippen LogP contribution in [0.5, 0.6) is 0 Å². The molecule has 0 heterocycles. The zero-order chi connectivity index (χ0) is 15.8. The van der Waals surface area contributed by atoms with E-state index in [1.807, 2.05) is 0 Å². The van der Waals surface area contributed by atoms with Gasteiger partial charge in [0.2, 0.25) is 0 Å². The first-order valence-corrected chi connectivity index (χ1v) is 9.08. The van der Waals surface area contributed by atoms with Crippen LogP contribution in [0.3, 0.4) is 0 Å². The molecule has 0 saturated heterocycles. The van der Waals surface area contributed by atoms with E-state index in [4.69, 9.17) is 5.73 Å². The van der Waals surface area contributed by atoms with Gasteiger partial charge in [-0.05, 0) is 73.5 Å². The average molecular weight is 307 g/mol. The number of halogens is 1. The van der Waals surface area contributed by atoms with Gasteiger partial charge in [0.05, 0.1) is 0 Å². The maximum atomic E-state index is 14.1. The zero-order valence-electron chi connectivity index (χ0n) is 13.9. The van der Waals surface area contributed by atoms with Crippen molar-refractivity contribution in [1.82, 2.24) is 0 Å². The number of nitrogens with two attached hydrogens (primary N) is 1. The van der Waals surface area contributed by atoms with Crippen molar-refractivity contribution in [2.45, 2.75) is 77.1 Å². The van der Waals surface area contributed by atoms with Crippen LogP contribution in [0.15, 0.2) is 11.6 Å². The van der Waals surface area contributed by atoms with Gasteiger partial charge in [0, 0.05) is 6.42 Å². The number of aliphatic hydroxyl groups is 1. The maximum Gasteiger partial charge on any atom is 0.117 e. The van der Waals surface area contributed by atoms with Crippen molar-refractivity contribution in [3.63, 3.8) is 0 Å². The number of rotatable bonds is 0. The van der Waals surface area contributed by atoms with E-state index < -0.39 is 11.9 Å². The average Bonchev–Trinajstić information content (AvgIpc) is 2.74. The number of hydrogen-bond acceptors (Lipinski definition) is 2. The second-order valence-electron chi connectivity index (χ2n) is 9.27. The van der Waals surface area contributed by atoms with Crippen molar-refractivity contribution >= 4 is 0 Å². The highest BCUT2D eigenvalue weighted by Crippen LogP contribution is 2.65. The molecule has 124 valence electrons. The van der Waals surface area contributed by atoms with Gasteiger partial charge in [-0.15, -0.1) is 0 Å². The monoisotopic (exact) mass is 307 g/mol. The van der Waals surface area contributed by atoms with Crippen molar-refractivity contribution in [2.24, 2.45) is 34.3 Å². The first-order valence-electron chi connectivity index (χ1n) is 9.08. The van der Waals surface area contributed by atoms with Crippen molar-refractivity contribution in [1.29, 1.82) is 0 Å². The summed E-state index contributed by atoms with van der Waals surface area (Å²) in [6.45, 7) is 4.71. The van der Waals surface area contributed by atoms with Gasteiger partial charge in [0.1, 0.15) is 11.9 Å². The minimum absolute atomic E-state index is 0.185. The molecule has 0 bridgehead atoms. The molecule has 3 N–H and O–H groups in total. The van der Waals surface area contributed by atoms with Crippen molar-refractivity contribution in [2.75, 3.05) is 0 Å². The minimum Gasteiger partial charge on any atom is -0.376 e. The molecule has 3 heteroatoms. The molecular formula is C19H30FNO. The first kappa shape index (κ1) is 15.1. The summed E-state index contributed by atoms with van der Waals surface area (Å²) >= 11 is 0. The van der Waals surface area contributed by atoms with Crippen LogP contribution in [-0.2, 0) is 0 Å². The highest BCUT2D eigenvalue weighted by Gasteiger charge is 2.58. The standard InChI is InChI=1S/C19H30FNO/c1-17-6-5-15-14(16(17)9-13(20)11-17)4-3-12-10-19(21,22)8-7-18(12,15)2/h3,13-16,22H,4-11,21H2,1-2H3/t13?,14-,15-,16+,17-,18+,19?/m1/s1. The third-order valence-corrected chi connectivity index (χ3v) is 7.91. The summed E-state index contributed by atoms with van der Waals surface area (Å²) in [5.41, 5.74) is 6.78. The van der Waals surface area contributed by atoms with Gasteiger partial charge < -0.3 is 10.8 Å². The van der Waals surface area contributed by atoms with Crippen LogP contribution in [0.25, 0.3) is 0 Å². The summed E-state index contributed by atoms with van der Waals surface area (Å²) in [4.78, 5) is 0. The fourth-order valence-electron chi connectivity index (χ4n) is 6.64. The van der Waals surface area contributed by atoms with Gasteiger partial charge in [-0.25, -0.2) is 4.39 Å². The van der Waals surface area contributed by atoms with E-state index in [2.05, 4.69) is 19.9 Å². The smallest absolute Gasteiger partial charge is 0.117 e. The molecule has 7 atom stereocenters. The van der Waals surface area contributed by atoms with Crippen molar-refractivity contribution in [3.8, 4) is 0 Å². The van der Waals surface area contributed by atoms with Crippen LogP contribution < -0.4 is 5.73 Å². The van der Waals surface area contributed by atoms with Crippen LogP contribution in [0, 0.1) is 28.6 Å². The number of hydrogen-bond donors (Lipinski definition) is 2. The lowest BCUT2D eigenvalue weighted by Crippen LogP contribution is -2.53. The molecule has 0 spiro atoms. The molecule has 0 radical (unpaired) electrons. The summed E-state index contributed by atoms with van der Waals surface area (Å²) < 4.78 is 14.1. The Balaban J connectivity index is 1.67. The lowest BCUT2D eigenvalue weighted by atomic mass is 9.48. The Hall–Kier alpha value is -0.410. The Bertz CT molecular complexity index is 516. The van der Waals surface area contributed by atoms with Gasteiger partial charge in [-0.3, -0.25) is 0 Å². The fraction of sp³-hybridized carbons (Fsp3) is 0.895. The number of allylic oxidation sites excluding steroid dienone is 1. The summed E-state index contributed by atoms with van der Waals surface area (Å²) in [7, 11) is 0. The van der Waals surface area contributed by atoms with Gasteiger partial charge in [-0.2, -0.15) is 0 Å². The van der Waals surface area contributed by atoms with E-state index in [1.165, 1.54) is 18.4 Å². The minimum atomic E-state index is -1.02. The van der Waals surface area contributed by atoms with E-state index >= 15 is 0 Å². The van der Waals surface area contributed by atoms with Gasteiger partial charge in [0.25, 0.3) is 0 Å².